The molecule has 0 amide bonds. The first-order chi connectivity index (χ1) is 7.65. The molecular formula is C12H16ClFN2. The molecule has 0 saturated carbocycles. The molecule has 1 aliphatic rings. The van der Waals surface area contributed by atoms with Crippen LogP contribution in [0.1, 0.15) is 5.56 Å². The van der Waals surface area contributed by atoms with Crippen LogP contribution in [0.2, 0.25) is 5.02 Å². The molecule has 2 nitrogen and oxygen atoms in total. The van der Waals surface area contributed by atoms with Crippen LogP contribution in [0.5, 0.6) is 0 Å². The van der Waals surface area contributed by atoms with Crippen molar-refractivity contribution in [2.75, 3.05) is 26.7 Å². The van der Waals surface area contributed by atoms with Gasteiger partial charge in [-0.1, -0.05) is 17.7 Å². The van der Waals surface area contributed by atoms with Gasteiger partial charge in [-0.15, -0.1) is 0 Å². The van der Waals surface area contributed by atoms with Gasteiger partial charge in [-0.25, -0.2) is 4.39 Å². The Morgan fingerprint density at radius 1 is 1.50 bits per heavy atom. The molecule has 1 N–H and O–H groups in total. The monoisotopic (exact) mass is 242 g/mol. The minimum atomic E-state index is -0.351. The average molecular weight is 243 g/mol. The van der Waals surface area contributed by atoms with Crippen molar-refractivity contribution in [1.29, 1.82) is 0 Å². The van der Waals surface area contributed by atoms with Crippen molar-refractivity contribution in [2.45, 2.75) is 6.54 Å². The van der Waals surface area contributed by atoms with E-state index in [0.717, 1.165) is 37.7 Å². The average Bonchev–Trinajstić information content (AvgIpc) is 2.18. The number of nitrogens with zero attached hydrogens (tertiary/aromatic N) is 1. The summed E-state index contributed by atoms with van der Waals surface area (Å²) < 4.78 is 13.0. The molecule has 0 atom stereocenters. The first-order valence-electron chi connectivity index (χ1n) is 5.48. The molecule has 0 spiro atoms. The summed E-state index contributed by atoms with van der Waals surface area (Å²) in [5.41, 5.74) is 1.06. The summed E-state index contributed by atoms with van der Waals surface area (Å²) in [6, 6.07) is 4.92. The van der Waals surface area contributed by atoms with Crippen molar-refractivity contribution >= 4 is 11.6 Å². The zero-order valence-electron chi connectivity index (χ0n) is 9.34. The number of halogens is 2. The number of benzene rings is 1. The lowest BCUT2D eigenvalue weighted by Crippen LogP contribution is -2.47. The van der Waals surface area contributed by atoms with E-state index in [2.05, 4.69) is 17.3 Å². The van der Waals surface area contributed by atoms with Crippen LogP contribution >= 0.6 is 11.6 Å². The van der Waals surface area contributed by atoms with Crippen LogP contribution in [-0.4, -0.2) is 31.6 Å². The van der Waals surface area contributed by atoms with Crippen molar-refractivity contribution in [3.63, 3.8) is 0 Å². The largest absolute Gasteiger partial charge is 0.316 e. The van der Waals surface area contributed by atoms with Crippen molar-refractivity contribution in [3.8, 4) is 0 Å². The van der Waals surface area contributed by atoms with Crippen LogP contribution in [0.25, 0.3) is 0 Å². The zero-order chi connectivity index (χ0) is 11.5. The Bertz CT molecular complexity index is 366. The summed E-state index contributed by atoms with van der Waals surface area (Å²) >= 11 is 5.74. The van der Waals surface area contributed by atoms with Crippen LogP contribution in [0.15, 0.2) is 18.2 Å². The summed E-state index contributed by atoms with van der Waals surface area (Å²) in [5.74, 6) is 0.400. The van der Waals surface area contributed by atoms with Crippen LogP contribution in [0.4, 0.5) is 4.39 Å². The van der Waals surface area contributed by atoms with Crippen molar-refractivity contribution in [3.05, 3.63) is 34.6 Å². The minimum Gasteiger partial charge on any atom is -0.316 e. The van der Waals surface area contributed by atoms with E-state index in [0.29, 0.717) is 0 Å². The lowest BCUT2D eigenvalue weighted by atomic mass is 10.0. The zero-order valence-corrected chi connectivity index (χ0v) is 10.1. The summed E-state index contributed by atoms with van der Waals surface area (Å²) in [5, 5.41) is 3.45. The molecule has 0 bridgehead atoms. The molecule has 1 aromatic carbocycles. The van der Waals surface area contributed by atoms with Gasteiger partial charge in [0, 0.05) is 26.2 Å². The van der Waals surface area contributed by atoms with Gasteiger partial charge >= 0.3 is 0 Å². The van der Waals surface area contributed by atoms with E-state index in [-0.39, 0.29) is 10.8 Å². The molecule has 0 radical (unpaired) electrons. The molecule has 0 aliphatic carbocycles. The highest BCUT2D eigenvalue weighted by Crippen LogP contribution is 2.17. The fraction of sp³-hybridized carbons (Fsp3) is 0.500. The van der Waals surface area contributed by atoms with Gasteiger partial charge in [0.15, 0.2) is 0 Å². The fourth-order valence-electron chi connectivity index (χ4n) is 1.93. The van der Waals surface area contributed by atoms with E-state index in [4.69, 9.17) is 11.6 Å². The summed E-state index contributed by atoms with van der Waals surface area (Å²) in [4.78, 5) is 2.25. The normalized spacial score (nSPS) is 16.5. The Hall–Kier alpha value is -0.640. The predicted molar refractivity (Wildman–Crippen MR) is 64.1 cm³/mol. The Morgan fingerprint density at radius 2 is 2.25 bits per heavy atom. The summed E-state index contributed by atoms with van der Waals surface area (Å²) in [6.45, 7) is 4.10. The third-order valence-electron chi connectivity index (χ3n) is 2.87. The molecule has 1 aliphatic heterocycles. The molecule has 0 aromatic heterocycles. The van der Waals surface area contributed by atoms with Gasteiger partial charge in [-0.05, 0) is 30.7 Å². The maximum Gasteiger partial charge on any atom is 0.141 e. The SMILES string of the molecule is CN(Cc1ccc(F)c(Cl)c1)CC1CNC1. The number of hydrogen-bond donors (Lipinski definition) is 1. The van der Waals surface area contributed by atoms with Gasteiger partial charge in [0.05, 0.1) is 5.02 Å². The van der Waals surface area contributed by atoms with E-state index in [1.54, 1.807) is 12.1 Å². The van der Waals surface area contributed by atoms with E-state index in [1.807, 2.05) is 0 Å². The second kappa shape index (κ2) is 5.13. The lowest BCUT2D eigenvalue weighted by molar-refractivity contribution is 0.218. The molecule has 88 valence electrons. The van der Waals surface area contributed by atoms with Gasteiger partial charge in [0.2, 0.25) is 0 Å². The Morgan fingerprint density at radius 3 is 2.81 bits per heavy atom. The Kier molecular flexibility index (Phi) is 3.79. The van der Waals surface area contributed by atoms with Crippen LogP contribution < -0.4 is 5.32 Å². The highest BCUT2D eigenvalue weighted by atomic mass is 35.5. The van der Waals surface area contributed by atoms with Gasteiger partial charge in [0.1, 0.15) is 5.82 Å². The predicted octanol–water partition coefficient (Wildman–Crippen LogP) is 2.13. The second-order valence-electron chi connectivity index (χ2n) is 4.47. The molecule has 1 aromatic rings. The molecule has 1 saturated heterocycles. The molecule has 1 heterocycles. The topological polar surface area (TPSA) is 15.3 Å². The standard InChI is InChI=1S/C12H16ClFN2/c1-16(8-10-5-15-6-10)7-9-2-3-12(14)11(13)4-9/h2-4,10,15H,5-8H2,1H3. The molecule has 0 unspecified atom stereocenters. The molecule has 4 heteroatoms. The van der Waals surface area contributed by atoms with Crippen molar-refractivity contribution < 1.29 is 4.39 Å². The second-order valence-corrected chi connectivity index (χ2v) is 4.88. The first-order valence-corrected chi connectivity index (χ1v) is 5.86. The van der Waals surface area contributed by atoms with E-state index >= 15 is 0 Å². The third kappa shape index (κ3) is 2.94. The maximum atomic E-state index is 13.0. The first kappa shape index (κ1) is 11.8. The Labute approximate surface area is 100 Å². The van der Waals surface area contributed by atoms with Crippen LogP contribution in [0, 0.1) is 11.7 Å². The van der Waals surface area contributed by atoms with Gasteiger partial charge < -0.3 is 10.2 Å². The maximum absolute atomic E-state index is 13.0. The third-order valence-corrected chi connectivity index (χ3v) is 3.16. The molecule has 1 fully saturated rings. The van der Waals surface area contributed by atoms with Gasteiger partial charge in [-0.3, -0.25) is 0 Å². The van der Waals surface area contributed by atoms with Gasteiger partial charge in [-0.2, -0.15) is 0 Å². The number of hydrogen-bond acceptors (Lipinski definition) is 2. The summed E-state index contributed by atoms with van der Waals surface area (Å²) in [7, 11) is 2.08. The van der Waals surface area contributed by atoms with Crippen LogP contribution in [-0.2, 0) is 6.54 Å². The highest BCUT2D eigenvalue weighted by molar-refractivity contribution is 6.30. The molecule has 2 rings (SSSR count). The van der Waals surface area contributed by atoms with Gasteiger partial charge in [0.25, 0.3) is 0 Å². The van der Waals surface area contributed by atoms with Crippen LogP contribution in [0.3, 0.4) is 0 Å². The van der Waals surface area contributed by atoms with Crippen molar-refractivity contribution in [2.24, 2.45) is 5.92 Å². The smallest absolute Gasteiger partial charge is 0.141 e. The quantitative estimate of drug-likeness (QED) is 0.870. The lowest BCUT2D eigenvalue weighted by Gasteiger charge is -2.31. The molecule has 16 heavy (non-hydrogen) atoms. The molecular weight excluding hydrogens is 227 g/mol. The van der Waals surface area contributed by atoms with E-state index < -0.39 is 0 Å². The highest BCUT2D eigenvalue weighted by Gasteiger charge is 2.18. The fourth-order valence-corrected chi connectivity index (χ4v) is 2.14. The number of rotatable bonds is 4. The van der Waals surface area contributed by atoms with E-state index in [1.165, 1.54) is 6.07 Å². The van der Waals surface area contributed by atoms with Crippen molar-refractivity contribution in [1.82, 2.24) is 10.2 Å². The Balaban J connectivity index is 1.89. The summed E-state index contributed by atoms with van der Waals surface area (Å²) in [6.07, 6.45) is 0. The number of nitrogens with one attached hydrogen (secondary N) is 1. The van der Waals surface area contributed by atoms with E-state index in [9.17, 15) is 4.39 Å². The minimum absolute atomic E-state index is 0.205.